The van der Waals surface area contributed by atoms with Gasteiger partial charge in [-0.3, -0.25) is 0 Å². The third-order valence-corrected chi connectivity index (χ3v) is 5.57. The van der Waals surface area contributed by atoms with Crippen LogP contribution in [-0.2, 0) is 10.0 Å². The van der Waals surface area contributed by atoms with E-state index < -0.39 is 16.1 Å². The molecule has 0 radical (unpaired) electrons. The van der Waals surface area contributed by atoms with Crippen molar-refractivity contribution in [3.8, 4) is 0 Å². The highest BCUT2D eigenvalue weighted by Crippen LogP contribution is 2.26. The van der Waals surface area contributed by atoms with E-state index in [1.165, 1.54) is 18.2 Å². The second kappa shape index (κ2) is 6.89. The lowest BCUT2D eigenvalue weighted by Crippen LogP contribution is -2.30. The van der Waals surface area contributed by atoms with Gasteiger partial charge in [-0.1, -0.05) is 41.9 Å². The SMILES string of the molecule is O=S(=O)(N[C@@H](CO)c1ccccc1)c1ccc(Cl)c(Br)c1. The Labute approximate surface area is 136 Å². The number of nitrogens with one attached hydrogen (secondary N) is 1. The van der Waals surface area contributed by atoms with Crippen LogP contribution in [0.5, 0.6) is 0 Å². The first-order chi connectivity index (χ1) is 9.94. The van der Waals surface area contributed by atoms with Gasteiger partial charge in [-0.25, -0.2) is 13.1 Å². The summed E-state index contributed by atoms with van der Waals surface area (Å²) in [6.07, 6.45) is 0. The van der Waals surface area contributed by atoms with Gasteiger partial charge in [0.15, 0.2) is 0 Å². The van der Waals surface area contributed by atoms with Crippen LogP contribution in [0.4, 0.5) is 0 Å². The zero-order valence-corrected chi connectivity index (χ0v) is 14.0. The summed E-state index contributed by atoms with van der Waals surface area (Å²) < 4.78 is 27.7. The van der Waals surface area contributed by atoms with Crippen molar-refractivity contribution in [1.29, 1.82) is 0 Å². The van der Waals surface area contributed by atoms with E-state index in [1.54, 1.807) is 24.3 Å². The van der Waals surface area contributed by atoms with Crippen molar-refractivity contribution >= 4 is 37.6 Å². The Hall–Kier alpha value is -0.920. The number of halogens is 2. The predicted octanol–water partition coefficient (Wildman–Crippen LogP) is 3.11. The number of benzene rings is 2. The number of hydrogen-bond acceptors (Lipinski definition) is 3. The van der Waals surface area contributed by atoms with Crippen molar-refractivity contribution in [2.75, 3.05) is 6.61 Å². The first kappa shape index (κ1) is 16.5. The number of aliphatic hydroxyl groups excluding tert-OH is 1. The molecule has 0 aliphatic rings. The first-order valence-electron chi connectivity index (χ1n) is 6.07. The largest absolute Gasteiger partial charge is 0.394 e. The molecule has 0 unspecified atom stereocenters. The van der Waals surface area contributed by atoms with Gasteiger partial charge in [0.1, 0.15) is 0 Å². The van der Waals surface area contributed by atoms with E-state index in [1.807, 2.05) is 6.07 Å². The second-order valence-electron chi connectivity index (χ2n) is 4.34. The van der Waals surface area contributed by atoms with Crippen molar-refractivity contribution < 1.29 is 13.5 Å². The fourth-order valence-electron chi connectivity index (χ4n) is 1.80. The maximum absolute atomic E-state index is 12.4. The molecule has 112 valence electrons. The zero-order valence-electron chi connectivity index (χ0n) is 10.8. The summed E-state index contributed by atoms with van der Waals surface area (Å²) >= 11 is 9.05. The standard InChI is InChI=1S/C14H13BrClNO3S/c15-12-8-11(6-7-13(12)16)21(19,20)17-14(9-18)10-4-2-1-3-5-10/h1-8,14,17-18H,9H2/t14-/m0/s1. The normalized spacial score (nSPS) is 13.1. The summed E-state index contributed by atoms with van der Waals surface area (Å²) in [7, 11) is -3.76. The van der Waals surface area contributed by atoms with E-state index >= 15 is 0 Å². The molecular formula is C14H13BrClNO3S. The molecule has 0 amide bonds. The van der Waals surface area contributed by atoms with Crippen molar-refractivity contribution in [2.45, 2.75) is 10.9 Å². The molecule has 0 aliphatic carbocycles. The molecule has 0 aliphatic heterocycles. The minimum Gasteiger partial charge on any atom is -0.394 e. The fraction of sp³-hybridized carbons (Fsp3) is 0.143. The van der Waals surface area contributed by atoms with Crippen LogP contribution in [0.1, 0.15) is 11.6 Å². The minimum atomic E-state index is -3.76. The van der Waals surface area contributed by atoms with Crippen LogP contribution < -0.4 is 4.72 Å². The number of aliphatic hydroxyl groups is 1. The molecule has 4 nitrogen and oxygen atoms in total. The fourth-order valence-corrected chi connectivity index (χ4v) is 3.68. The lowest BCUT2D eigenvalue weighted by molar-refractivity contribution is 0.259. The molecule has 0 aromatic heterocycles. The van der Waals surface area contributed by atoms with Gasteiger partial charge < -0.3 is 5.11 Å². The van der Waals surface area contributed by atoms with E-state index in [2.05, 4.69) is 20.7 Å². The Morgan fingerprint density at radius 1 is 1.19 bits per heavy atom. The van der Waals surface area contributed by atoms with Crippen LogP contribution in [0, 0.1) is 0 Å². The number of sulfonamides is 1. The molecule has 0 fully saturated rings. The van der Waals surface area contributed by atoms with Crippen LogP contribution >= 0.6 is 27.5 Å². The van der Waals surface area contributed by atoms with Crippen LogP contribution in [0.2, 0.25) is 5.02 Å². The van der Waals surface area contributed by atoms with Crippen LogP contribution in [0.25, 0.3) is 0 Å². The molecule has 2 rings (SSSR count). The molecule has 0 saturated heterocycles. The quantitative estimate of drug-likeness (QED) is 0.824. The summed E-state index contributed by atoms with van der Waals surface area (Å²) in [6.45, 7) is -0.335. The smallest absolute Gasteiger partial charge is 0.241 e. The van der Waals surface area contributed by atoms with Crippen LogP contribution in [0.15, 0.2) is 57.9 Å². The monoisotopic (exact) mass is 389 g/mol. The Morgan fingerprint density at radius 3 is 2.43 bits per heavy atom. The van der Waals surface area contributed by atoms with Gasteiger partial charge in [0.05, 0.1) is 22.6 Å². The average molecular weight is 391 g/mol. The lowest BCUT2D eigenvalue weighted by atomic mass is 10.1. The molecule has 2 aromatic rings. The van der Waals surface area contributed by atoms with Crippen molar-refractivity contribution in [1.82, 2.24) is 4.72 Å². The maximum atomic E-state index is 12.4. The molecule has 7 heteroatoms. The number of rotatable bonds is 5. The van der Waals surface area contributed by atoms with Gasteiger partial charge in [-0.2, -0.15) is 0 Å². The summed E-state index contributed by atoms with van der Waals surface area (Å²) in [6, 6.07) is 12.5. The molecule has 2 aromatic carbocycles. The van der Waals surface area contributed by atoms with Crippen molar-refractivity contribution in [3.63, 3.8) is 0 Å². The highest BCUT2D eigenvalue weighted by atomic mass is 79.9. The highest BCUT2D eigenvalue weighted by molar-refractivity contribution is 9.10. The van der Waals surface area contributed by atoms with Gasteiger partial charge in [-0.15, -0.1) is 0 Å². The van der Waals surface area contributed by atoms with Crippen molar-refractivity contribution in [2.24, 2.45) is 0 Å². The van der Waals surface area contributed by atoms with Gasteiger partial charge in [0, 0.05) is 4.47 Å². The Bertz CT molecular complexity index is 722. The van der Waals surface area contributed by atoms with Crippen molar-refractivity contribution in [3.05, 3.63) is 63.6 Å². The van der Waals surface area contributed by atoms with E-state index in [0.29, 0.717) is 15.1 Å². The Balaban J connectivity index is 2.29. The van der Waals surface area contributed by atoms with E-state index in [4.69, 9.17) is 11.6 Å². The second-order valence-corrected chi connectivity index (χ2v) is 7.32. The van der Waals surface area contributed by atoms with E-state index in [9.17, 15) is 13.5 Å². The molecule has 0 heterocycles. The maximum Gasteiger partial charge on any atom is 0.241 e. The summed E-state index contributed by atoms with van der Waals surface area (Å²) in [5.74, 6) is 0. The number of hydrogen-bond donors (Lipinski definition) is 2. The van der Waals surface area contributed by atoms with Gasteiger partial charge in [0.25, 0.3) is 0 Å². The highest BCUT2D eigenvalue weighted by Gasteiger charge is 2.21. The molecule has 0 saturated carbocycles. The zero-order chi connectivity index (χ0) is 15.5. The first-order valence-corrected chi connectivity index (χ1v) is 8.72. The van der Waals surface area contributed by atoms with E-state index in [0.717, 1.165) is 0 Å². The molecule has 1 atom stereocenters. The average Bonchev–Trinajstić information content (AvgIpc) is 2.48. The lowest BCUT2D eigenvalue weighted by Gasteiger charge is -2.17. The third-order valence-electron chi connectivity index (χ3n) is 2.88. The minimum absolute atomic E-state index is 0.0770. The van der Waals surface area contributed by atoms with Gasteiger partial charge in [0.2, 0.25) is 10.0 Å². The predicted molar refractivity (Wildman–Crippen MR) is 85.7 cm³/mol. The summed E-state index contributed by atoms with van der Waals surface area (Å²) in [5, 5.41) is 9.86. The van der Waals surface area contributed by atoms with Gasteiger partial charge in [-0.05, 0) is 39.7 Å². The van der Waals surface area contributed by atoms with Crippen LogP contribution in [-0.4, -0.2) is 20.1 Å². The Morgan fingerprint density at radius 2 is 1.86 bits per heavy atom. The molecule has 21 heavy (non-hydrogen) atoms. The topological polar surface area (TPSA) is 66.4 Å². The molecular weight excluding hydrogens is 378 g/mol. The van der Waals surface area contributed by atoms with Gasteiger partial charge >= 0.3 is 0 Å². The third kappa shape index (κ3) is 4.05. The Kier molecular flexibility index (Phi) is 5.40. The molecule has 0 spiro atoms. The summed E-state index contributed by atoms with van der Waals surface area (Å²) in [5.41, 5.74) is 0.691. The molecule has 2 N–H and O–H groups in total. The molecule has 0 bridgehead atoms. The van der Waals surface area contributed by atoms with Crippen LogP contribution in [0.3, 0.4) is 0 Å². The van der Waals surface area contributed by atoms with E-state index in [-0.39, 0.29) is 11.5 Å². The summed E-state index contributed by atoms with van der Waals surface area (Å²) in [4.78, 5) is 0.0770.